The molecule has 0 amide bonds. The molecule has 1 aromatic heterocycles. The maximum atomic E-state index is 5.72. The van der Waals surface area contributed by atoms with E-state index in [1.54, 1.807) is 0 Å². The molecule has 2 radical (unpaired) electrons. The fourth-order valence-corrected chi connectivity index (χ4v) is 2.31. The Balaban J connectivity index is 2.14. The van der Waals surface area contributed by atoms with Gasteiger partial charge in [0.15, 0.2) is 0 Å². The van der Waals surface area contributed by atoms with E-state index in [-0.39, 0.29) is 0 Å². The second-order valence-corrected chi connectivity index (χ2v) is 5.68. The molecule has 2 aromatic carbocycles. The summed E-state index contributed by atoms with van der Waals surface area (Å²) < 4.78 is 7.89. The summed E-state index contributed by atoms with van der Waals surface area (Å²) in [6.45, 7) is 0. The van der Waals surface area contributed by atoms with Crippen LogP contribution < -0.4 is 4.35 Å². The van der Waals surface area contributed by atoms with Gasteiger partial charge >= 0.3 is 116 Å². The van der Waals surface area contributed by atoms with Gasteiger partial charge in [-0.3, -0.25) is 0 Å². The third kappa shape index (κ3) is 2.17. The first kappa shape index (κ1) is 11.1. The van der Waals surface area contributed by atoms with Gasteiger partial charge < -0.3 is 0 Å². The van der Waals surface area contributed by atoms with Crippen LogP contribution in [0.15, 0.2) is 51.4 Å². The van der Waals surface area contributed by atoms with Crippen molar-refractivity contribution in [1.29, 1.82) is 0 Å². The Kier molecular flexibility index (Phi) is 2.81. The molecule has 82 valence electrons. The van der Waals surface area contributed by atoms with Crippen LogP contribution in [0.2, 0.25) is 0 Å². The van der Waals surface area contributed by atoms with Gasteiger partial charge in [0.25, 0.3) is 0 Å². The van der Waals surface area contributed by atoms with Crippen molar-refractivity contribution < 1.29 is 4.42 Å². The van der Waals surface area contributed by atoms with Crippen molar-refractivity contribution in [1.82, 2.24) is 4.98 Å². The van der Waals surface area contributed by atoms with Gasteiger partial charge in [-0.2, -0.15) is 0 Å². The Morgan fingerprint density at radius 3 is 2.59 bits per heavy atom. The van der Waals surface area contributed by atoms with E-state index in [1.165, 1.54) is 0 Å². The van der Waals surface area contributed by atoms with Gasteiger partial charge in [-0.15, -0.1) is 0 Å². The van der Waals surface area contributed by atoms with Crippen LogP contribution in [0.4, 0.5) is 0 Å². The summed E-state index contributed by atoms with van der Waals surface area (Å²) in [5.74, 6) is 0.658. The van der Waals surface area contributed by atoms with Crippen LogP contribution >= 0.6 is 15.9 Å². The van der Waals surface area contributed by atoms with E-state index in [2.05, 4.69) is 37.8 Å². The van der Waals surface area contributed by atoms with E-state index in [4.69, 9.17) is 4.42 Å². The molecule has 0 atom stereocenters. The van der Waals surface area contributed by atoms with Gasteiger partial charge in [0.05, 0.1) is 0 Å². The number of hydrogen-bond acceptors (Lipinski definition) is 2. The zero-order chi connectivity index (χ0) is 11.8. The molecule has 0 bridgehead atoms. The van der Waals surface area contributed by atoms with Crippen LogP contribution in [0, 0.1) is 0 Å². The van der Waals surface area contributed by atoms with Crippen molar-refractivity contribution in [2.75, 3.05) is 0 Å². The van der Waals surface area contributed by atoms with Gasteiger partial charge in [0, 0.05) is 0 Å². The predicted octanol–water partition coefficient (Wildman–Crippen LogP) is 3.05. The summed E-state index contributed by atoms with van der Waals surface area (Å²) in [6, 6.07) is 13.9. The van der Waals surface area contributed by atoms with Crippen molar-refractivity contribution in [2.24, 2.45) is 0 Å². The van der Waals surface area contributed by atoms with Gasteiger partial charge in [-0.1, -0.05) is 0 Å². The maximum absolute atomic E-state index is 5.72. The molecule has 0 spiro atoms. The first-order valence-corrected chi connectivity index (χ1v) is 6.81. The van der Waals surface area contributed by atoms with Crippen molar-refractivity contribution in [3.8, 4) is 11.5 Å². The van der Waals surface area contributed by atoms with Crippen LogP contribution in [0.1, 0.15) is 0 Å². The fourth-order valence-electron chi connectivity index (χ4n) is 1.63. The minimum absolute atomic E-state index is 0.658. The number of nitrogens with zero attached hydrogens (tertiary/aromatic N) is 1. The monoisotopic (exact) mass is 347 g/mol. The Morgan fingerprint density at radius 1 is 1.06 bits per heavy atom. The number of fused-ring (bicyclic) bond motifs is 1. The third-order valence-electron chi connectivity index (χ3n) is 2.46. The normalized spacial score (nSPS) is 10.9. The van der Waals surface area contributed by atoms with Crippen LogP contribution in [-0.2, 0) is 0 Å². The number of rotatable bonds is 1. The quantitative estimate of drug-likeness (QED) is 0.632. The first-order chi connectivity index (χ1) is 8.22. The molecule has 0 N–H and O–H groups in total. The van der Waals surface area contributed by atoms with Crippen molar-refractivity contribution in [3.05, 3.63) is 46.9 Å². The standard InChI is InChI=1S/C13H7AsBrNO/c14-9-3-6-12-11(7-9)16-13(17-12)8-1-4-10(15)5-2-8/h1-7H. The second kappa shape index (κ2) is 4.32. The molecule has 0 saturated carbocycles. The molecule has 0 fully saturated rings. The molecule has 3 aromatic rings. The molecular formula is C13H7AsBrNO. The van der Waals surface area contributed by atoms with Crippen molar-refractivity contribution in [3.63, 3.8) is 0 Å². The molecule has 4 heteroatoms. The van der Waals surface area contributed by atoms with E-state index >= 15 is 0 Å². The van der Waals surface area contributed by atoms with E-state index < -0.39 is 0 Å². The molecule has 2 nitrogen and oxygen atoms in total. The summed E-state index contributed by atoms with van der Waals surface area (Å²) in [4.78, 5) is 4.48. The van der Waals surface area contributed by atoms with E-state index in [0.29, 0.717) is 5.89 Å². The predicted molar refractivity (Wildman–Crippen MR) is 72.5 cm³/mol. The average Bonchev–Trinajstić information content (AvgIpc) is 2.72. The zero-order valence-corrected chi connectivity index (χ0v) is 12.2. The molecule has 0 aliphatic carbocycles. The second-order valence-electron chi connectivity index (χ2n) is 3.68. The van der Waals surface area contributed by atoms with Gasteiger partial charge in [-0.05, 0) is 0 Å². The van der Waals surface area contributed by atoms with Gasteiger partial charge in [-0.25, -0.2) is 0 Å². The van der Waals surface area contributed by atoms with Crippen LogP contribution in [-0.4, -0.2) is 21.8 Å². The summed E-state index contributed by atoms with van der Waals surface area (Å²) in [7, 11) is 0. The number of benzene rings is 2. The summed E-state index contributed by atoms with van der Waals surface area (Å²) in [5, 5.41) is 0. The Hall–Kier alpha value is -1.05. The Labute approximate surface area is 116 Å². The number of aromatic nitrogens is 1. The summed E-state index contributed by atoms with van der Waals surface area (Å²) in [5.41, 5.74) is 2.69. The Morgan fingerprint density at radius 2 is 1.82 bits per heavy atom. The van der Waals surface area contributed by atoms with Crippen LogP contribution in [0.25, 0.3) is 22.6 Å². The third-order valence-corrected chi connectivity index (χ3v) is 3.57. The topological polar surface area (TPSA) is 26.0 Å². The molecule has 17 heavy (non-hydrogen) atoms. The molecule has 0 aliphatic heterocycles. The SMILES string of the molecule is [As]c1ccc2oc(-c3ccc(Br)cc3)nc2c1. The van der Waals surface area contributed by atoms with E-state index in [9.17, 15) is 0 Å². The molecule has 0 saturated heterocycles. The average molecular weight is 348 g/mol. The molecule has 1 heterocycles. The van der Waals surface area contributed by atoms with Crippen molar-refractivity contribution >= 4 is 48.2 Å². The van der Waals surface area contributed by atoms with Gasteiger partial charge in [0.2, 0.25) is 0 Å². The number of halogens is 1. The number of oxazole rings is 1. The molecule has 3 rings (SSSR count). The molecule has 0 aliphatic rings. The fraction of sp³-hybridized carbons (Fsp3) is 0. The van der Waals surface area contributed by atoms with E-state index in [0.717, 1.165) is 25.5 Å². The van der Waals surface area contributed by atoms with Crippen LogP contribution in [0.5, 0.6) is 0 Å². The zero-order valence-electron chi connectivity index (χ0n) is 8.72. The van der Waals surface area contributed by atoms with Gasteiger partial charge in [0.1, 0.15) is 0 Å². The number of hydrogen-bond donors (Lipinski definition) is 0. The molecule has 0 unspecified atom stereocenters. The van der Waals surface area contributed by atoms with Crippen molar-refractivity contribution in [2.45, 2.75) is 0 Å². The minimum atomic E-state index is 0.658. The summed E-state index contributed by atoms with van der Waals surface area (Å²) in [6.07, 6.45) is 0. The first-order valence-electron chi connectivity index (χ1n) is 5.08. The Bertz CT molecular complexity index is 675. The van der Waals surface area contributed by atoms with Crippen LogP contribution in [0.3, 0.4) is 0 Å². The summed E-state index contributed by atoms with van der Waals surface area (Å²) >= 11 is 5.91. The molecular weight excluding hydrogens is 341 g/mol. The van der Waals surface area contributed by atoms with E-state index in [1.807, 2.05) is 42.5 Å².